The van der Waals surface area contributed by atoms with Crippen molar-refractivity contribution in [2.45, 2.75) is 31.6 Å². The third-order valence-corrected chi connectivity index (χ3v) is 5.40. The first-order valence-electron chi connectivity index (χ1n) is 9.19. The van der Waals surface area contributed by atoms with Crippen molar-refractivity contribution in [2.24, 2.45) is 5.73 Å². The van der Waals surface area contributed by atoms with Crippen LogP contribution in [0.1, 0.15) is 24.1 Å². The molecule has 4 rings (SSSR count). The SMILES string of the molecule is Cl.N[C@@H]1CCCN(c2cc3nc(C(F)(F)F)cc(=O)n3n2Cc2ccccc2Cl)C1. The number of anilines is 1. The Morgan fingerprint density at radius 1 is 1.23 bits per heavy atom. The third-order valence-electron chi connectivity index (χ3n) is 5.04. The number of hydrogen-bond acceptors (Lipinski definition) is 4. The molecule has 6 nitrogen and oxygen atoms in total. The lowest BCUT2D eigenvalue weighted by molar-refractivity contribution is -0.141. The lowest BCUT2D eigenvalue weighted by Crippen LogP contribution is -2.44. The molecular weight excluding hydrogens is 442 g/mol. The fraction of sp³-hybridized carbons (Fsp3) is 0.368. The second kappa shape index (κ2) is 8.49. The molecule has 1 atom stereocenters. The zero-order valence-corrected chi connectivity index (χ0v) is 17.3. The van der Waals surface area contributed by atoms with E-state index in [0.29, 0.717) is 30.0 Å². The maximum absolute atomic E-state index is 13.1. The smallest absolute Gasteiger partial charge is 0.355 e. The van der Waals surface area contributed by atoms with Crippen LogP contribution in [0.2, 0.25) is 5.02 Å². The average Bonchev–Trinajstić information content (AvgIpc) is 3.02. The van der Waals surface area contributed by atoms with Crippen molar-refractivity contribution >= 4 is 35.5 Å². The highest BCUT2D eigenvalue weighted by molar-refractivity contribution is 6.31. The highest BCUT2D eigenvalue weighted by Crippen LogP contribution is 2.29. The van der Waals surface area contributed by atoms with Crippen LogP contribution in [0.5, 0.6) is 0 Å². The van der Waals surface area contributed by atoms with Gasteiger partial charge in [0.05, 0.1) is 6.54 Å². The molecule has 11 heteroatoms. The maximum Gasteiger partial charge on any atom is 0.433 e. The summed E-state index contributed by atoms with van der Waals surface area (Å²) in [5.41, 5.74) is 4.75. The number of piperidine rings is 1. The van der Waals surface area contributed by atoms with E-state index in [4.69, 9.17) is 17.3 Å². The first kappa shape index (κ1) is 22.5. The molecule has 1 aromatic carbocycles. The molecule has 3 aromatic rings. The van der Waals surface area contributed by atoms with Gasteiger partial charge in [0.1, 0.15) is 5.82 Å². The number of benzene rings is 1. The molecule has 0 saturated carbocycles. The van der Waals surface area contributed by atoms with E-state index in [2.05, 4.69) is 4.98 Å². The second-order valence-electron chi connectivity index (χ2n) is 7.15. The van der Waals surface area contributed by atoms with Gasteiger partial charge in [-0.3, -0.25) is 9.48 Å². The Bertz CT molecular complexity index is 1110. The number of nitrogens with zero attached hydrogens (tertiary/aromatic N) is 4. The summed E-state index contributed by atoms with van der Waals surface area (Å²) in [6, 6.07) is 9.10. The van der Waals surface area contributed by atoms with E-state index in [1.54, 1.807) is 16.8 Å². The second-order valence-corrected chi connectivity index (χ2v) is 7.55. The molecule has 0 bridgehead atoms. The summed E-state index contributed by atoms with van der Waals surface area (Å²) in [7, 11) is 0. The molecule has 1 saturated heterocycles. The summed E-state index contributed by atoms with van der Waals surface area (Å²) >= 11 is 6.28. The molecule has 2 N–H and O–H groups in total. The standard InChI is InChI=1S/C19H19ClF3N5O.ClH/c20-14-6-2-1-4-12(14)10-27-17(26-7-3-5-13(24)11-26)9-16-25-15(19(21,22)23)8-18(29)28(16)27;/h1-2,4,6,8-9,13H,3,5,7,10-11,24H2;1H/t13-;/m1./s1. The predicted octanol–water partition coefficient (Wildman–Crippen LogP) is 3.57. The fourth-order valence-electron chi connectivity index (χ4n) is 3.68. The summed E-state index contributed by atoms with van der Waals surface area (Å²) in [6.07, 6.45) is -2.98. The summed E-state index contributed by atoms with van der Waals surface area (Å²) in [4.78, 5) is 18.3. The van der Waals surface area contributed by atoms with Crippen LogP contribution in [0.4, 0.5) is 19.0 Å². The van der Waals surface area contributed by atoms with Crippen LogP contribution in [-0.4, -0.2) is 33.3 Å². The quantitative estimate of drug-likeness (QED) is 0.647. The van der Waals surface area contributed by atoms with Gasteiger partial charge in [-0.05, 0) is 24.5 Å². The summed E-state index contributed by atoms with van der Waals surface area (Å²) in [5.74, 6) is 0.587. The summed E-state index contributed by atoms with van der Waals surface area (Å²) < 4.78 is 42.2. The Balaban J connectivity index is 0.00000256. The van der Waals surface area contributed by atoms with Crippen LogP contribution < -0.4 is 16.2 Å². The first-order valence-corrected chi connectivity index (χ1v) is 9.56. The lowest BCUT2D eigenvalue weighted by Gasteiger charge is -2.32. The van der Waals surface area contributed by atoms with Crippen LogP contribution in [0.3, 0.4) is 0 Å². The van der Waals surface area contributed by atoms with Gasteiger partial charge in [0.2, 0.25) is 0 Å². The Morgan fingerprint density at radius 2 is 1.97 bits per heavy atom. The van der Waals surface area contributed by atoms with E-state index >= 15 is 0 Å². The number of rotatable bonds is 3. The highest BCUT2D eigenvalue weighted by Gasteiger charge is 2.34. The van der Waals surface area contributed by atoms with Crippen molar-refractivity contribution in [3.8, 4) is 0 Å². The van der Waals surface area contributed by atoms with Crippen molar-refractivity contribution in [1.82, 2.24) is 14.2 Å². The maximum atomic E-state index is 13.1. The summed E-state index contributed by atoms with van der Waals surface area (Å²) in [6.45, 7) is 1.43. The van der Waals surface area contributed by atoms with Gasteiger partial charge in [-0.25, -0.2) is 4.98 Å². The largest absolute Gasteiger partial charge is 0.433 e. The van der Waals surface area contributed by atoms with Gasteiger partial charge in [0.25, 0.3) is 5.56 Å². The van der Waals surface area contributed by atoms with E-state index in [-0.39, 0.29) is 30.6 Å². The lowest BCUT2D eigenvalue weighted by atomic mass is 10.1. The Hall–Kier alpha value is -2.23. The Labute approximate surface area is 181 Å². The Kier molecular flexibility index (Phi) is 6.35. The van der Waals surface area contributed by atoms with Gasteiger partial charge < -0.3 is 10.6 Å². The monoisotopic (exact) mass is 461 g/mol. The van der Waals surface area contributed by atoms with E-state index in [1.807, 2.05) is 17.0 Å². The molecule has 2 aromatic heterocycles. The molecule has 30 heavy (non-hydrogen) atoms. The van der Waals surface area contributed by atoms with Crippen LogP contribution in [-0.2, 0) is 12.7 Å². The molecule has 0 amide bonds. The minimum atomic E-state index is -4.70. The molecular formula is C19H20Cl2F3N5O. The van der Waals surface area contributed by atoms with Gasteiger partial charge in [-0.15, -0.1) is 12.4 Å². The predicted molar refractivity (Wildman–Crippen MR) is 112 cm³/mol. The zero-order valence-electron chi connectivity index (χ0n) is 15.8. The number of nitrogens with two attached hydrogens (primary N) is 1. The molecule has 0 unspecified atom stereocenters. The third kappa shape index (κ3) is 4.28. The molecule has 162 valence electrons. The number of hydrogen-bond donors (Lipinski definition) is 1. The van der Waals surface area contributed by atoms with Crippen LogP contribution in [0.25, 0.3) is 5.65 Å². The van der Waals surface area contributed by atoms with Crippen molar-refractivity contribution in [1.29, 1.82) is 0 Å². The molecule has 1 aliphatic rings. The van der Waals surface area contributed by atoms with Gasteiger partial charge in [-0.2, -0.15) is 17.7 Å². The van der Waals surface area contributed by atoms with E-state index in [1.165, 1.54) is 6.07 Å². The van der Waals surface area contributed by atoms with E-state index in [9.17, 15) is 18.0 Å². The zero-order chi connectivity index (χ0) is 20.8. The minimum absolute atomic E-state index is 0. The van der Waals surface area contributed by atoms with Crippen LogP contribution >= 0.6 is 24.0 Å². The highest BCUT2D eigenvalue weighted by atomic mass is 35.5. The molecule has 3 heterocycles. The van der Waals surface area contributed by atoms with Gasteiger partial charge >= 0.3 is 6.18 Å². The van der Waals surface area contributed by atoms with Crippen molar-refractivity contribution in [3.05, 3.63) is 63.0 Å². The van der Waals surface area contributed by atoms with Gasteiger partial charge in [0, 0.05) is 36.3 Å². The van der Waals surface area contributed by atoms with E-state index < -0.39 is 17.4 Å². The average molecular weight is 462 g/mol. The molecule has 0 radical (unpaired) electrons. The van der Waals surface area contributed by atoms with Crippen molar-refractivity contribution < 1.29 is 13.2 Å². The molecule has 1 aliphatic heterocycles. The molecule has 1 fully saturated rings. The van der Waals surface area contributed by atoms with Crippen molar-refractivity contribution in [3.63, 3.8) is 0 Å². The number of aromatic nitrogens is 3. The molecule has 0 spiro atoms. The topological polar surface area (TPSA) is 68.6 Å². The van der Waals surface area contributed by atoms with Crippen LogP contribution in [0.15, 0.2) is 41.2 Å². The first-order chi connectivity index (χ1) is 13.7. The van der Waals surface area contributed by atoms with Gasteiger partial charge in [-0.1, -0.05) is 29.8 Å². The fourth-order valence-corrected chi connectivity index (χ4v) is 3.88. The minimum Gasteiger partial charge on any atom is -0.355 e. The van der Waals surface area contributed by atoms with Crippen LogP contribution in [0, 0.1) is 0 Å². The molecule has 0 aliphatic carbocycles. The number of halogens is 5. The van der Waals surface area contributed by atoms with E-state index in [0.717, 1.165) is 22.9 Å². The Morgan fingerprint density at radius 3 is 2.63 bits per heavy atom. The number of fused-ring (bicyclic) bond motifs is 1. The van der Waals surface area contributed by atoms with Gasteiger partial charge in [0.15, 0.2) is 11.3 Å². The summed E-state index contributed by atoms with van der Waals surface area (Å²) in [5, 5.41) is 0.503. The normalized spacial score (nSPS) is 17.2. The number of alkyl halides is 3. The van der Waals surface area contributed by atoms with Crippen molar-refractivity contribution in [2.75, 3.05) is 18.0 Å².